The van der Waals surface area contributed by atoms with Crippen LogP contribution >= 0.6 is 0 Å². The first-order valence-electron chi connectivity index (χ1n) is 6.22. The largest absolute Gasteiger partial charge is 0.383 e. The van der Waals surface area contributed by atoms with Crippen LogP contribution in [0.5, 0.6) is 0 Å². The van der Waals surface area contributed by atoms with Crippen molar-refractivity contribution in [2.24, 2.45) is 0 Å². The van der Waals surface area contributed by atoms with E-state index < -0.39 is 0 Å². The third-order valence-electron chi connectivity index (χ3n) is 2.89. The number of nitrogens with zero attached hydrogens (tertiary/aromatic N) is 2. The Morgan fingerprint density at radius 2 is 2.16 bits per heavy atom. The number of halogens is 1. The summed E-state index contributed by atoms with van der Waals surface area (Å²) in [6, 6.07) is 6.83. The molecular weight excluding hydrogens is 245 g/mol. The highest BCUT2D eigenvalue weighted by Gasteiger charge is 2.10. The molecule has 0 amide bonds. The van der Waals surface area contributed by atoms with Crippen molar-refractivity contribution in [3.05, 3.63) is 53.9 Å². The van der Waals surface area contributed by atoms with Gasteiger partial charge in [-0.2, -0.15) is 0 Å². The van der Waals surface area contributed by atoms with E-state index >= 15 is 0 Å². The van der Waals surface area contributed by atoms with Crippen molar-refractivity contribution in [1.29, 1.82) is 0 Å². The normalized spacial score (nSPS) is 11.1. The van der Waals surface area contributed by atoms with E-state index in [1.165, 1.54) is 6.07 Å². The zero-order chi connectivity index (χ0) is 13.5. The van der Waals surface area contributed by atoms with Gasteiger partial charge in [0.25, 0.3) is 0 Å². The van der Waals surface area contributed by atoms with Crippen LogP contribution in [0.4, 0.5) is 4.39 Å². The molecular formula is C14H18FN3O. The number of rotatable bonds is 7. The summed E-state index contributed by atoms with van der Waals surface area (Å²) in [4.78, 5) is 9.35. The van der Waals surface area contributed by atoms with Gasteiger partial charge in [-0.25, -0.2) is 9.37 Å². The maximum absolute atomic E-state index is 13.7. The lowest BCUT2D eigenvalue weighted by Crippen LogP contribution is -2.27. The molecule has 0 bridgehead atoms. The van der Waals surface area contributed by atoms with Gasteiger partial charge in [0.1, 0.15) is 11.6 Å². The van der Waals surface area contributed by atoms with Gasteiger partial charge in [-0.05, 0) is 6.07 Å². The molecule has 5 heteroatoms. The van der Waals surface area contributed by atoms with Crippen molar-refractivity contribution >= 4 is 0 Å². The van der Waals surface area contributed by atoms with E-state index in [-0.39, 0.29) is 5.82 Å². The van der Waals surface area contributed by atoms with Crippen molar-refractivity contribution in [2.75, 3.05) is 20.3 Å². The molecule has 1 N–H and O–H groups in total. The average molecular weight is 263 g/mol. The highest BCUT2D eigenvalue weighted by Crippen LogP contribution is 2.11. The SMILES string of the molecule is COCCN(Cc1ncc[nH]1)Cc1ccccc1F. The Bertz CT molecular complexity index is 487. The molecule has 0 aliphatic carbocycles. The van der Waals surface area contributed by atoms with E-state index in [1.807, 2.05) is 6.07 Å². The summed E-state index contributed by atoms with van der Waals surface area (Å²) in [6.45, 7) is 2.52. The molecule has 4 nitrogen and oxygen atoms in total. The lowest BCUT2D eigenvalue weighted by molar-refractivity contribution is 0.137. The minimum Gasteiger partial charge on any atom is -0.383 e. The molecule has 0 atom stereocenters. The number of methoxy groups -OCH3 is 1. The number of nitrogens with one attached hydrogen (secondary N) is 1. The number of hydrogen-bond acceptors (Lipinski definition) is 3. The highest BCUT2D eigenvalue weighted by molar-refractivity contribution is 5.17. The number of aromatic nitrogens is 2. The summed E-state index contributed by atoms with van der Waals surface area (Å²) < 4.78 is 18.8. The quantitative estimate of drug-likeness (QED) is 0.832. The molecule has 2 rings (SSSR count). The van der Waals surface area contributed by atoms with E-state index in [1.54, 1.807) is 31.6 Å². The van der Waals surface area contributed by atoms with Crippen LogP contribution in [0.1, 0.15) is 11.4 Å². The minimum absolute atomic E-state index is 0.177. The fourth-order valence-electron chi connectivity index (χ4n) is 1.90. The predicted molar refractivity (Wildman–Crippen MR) is 71.0 cm³/mol. The van der Waals surface area contributed by atoms with Gasteiger partial charge in [-0.1, -0.05) is 18.2 Å². The Balaban J connectivity index is 2.03. The van der Waals surface area contributed by atoms with Crippen LogP contribution in [-0.4, -0.2) is 35.1 Å². The minimum atomic E-state index is -0.177. The molecule has 0 saturated heterocycles. The standard InChI is InChI=1S/C14H18FN3O/c1-19-9-8-18(11-14-16-6-7-17-14)10-12-4-2-3-5-13(12)15/h2-7H,8-11H2,1H3,(H,16,17). The second-order valence-electron chi connectivity index (χ2n) is 4.33. The van der Waals surface area contributed by atoms with Crippen LogP contribution in [0.25, 0.3) is 0 Å². The number of aromatic amines is 1. The maximum Gasteiger partial charge on any atom is 0.127 e. The van der Waals surface area contributed by atoms with Crippen molar-refractivity contribution < 1.29 is 9.13 Å². The zero-order valence-corrected chi connectivity index (χ0v) is 11.0. The van der Waals surface area contributed by atoms with Crippen LogP contribution in [0.15, 0.2) is 36.7 Å². The maximum atomic E-state index is 13.7. The van der Waals surface area contributed by atoms with E-state index in [0.717, 1.165) is 12.4 Å². The Hall–Kier alpha value is -1.72. The second kappa shape index (κ2) is 7.01. The van der Waals surface area contributed by atoms with E-state index in [0.29, 0.717) is 25.3 Å². The smallest absolute Gasteiger partial charge is 0.127 e. The molecule has 1 aromatic carbocycles. The van der Waals surface area contributed by atoms with Crippen LogP contribution in [-0.2, 0) is 17.8 Å². The molecule has 102 valence electrons. The van der Waals surface area contributed by atoms with Crippen molar-refractivity contribution in [3.63, 3.8) is 0 Å². The van der Waals surface area contributed by atoms with E-state index in [4.69, 9.17) is 4.74 Å². The number of H-pyrrole nitrogens is 1. The van der Waals surface area contributed by atoms with Crippen LogP contribution in [0, 0.1) is 5.82 Å². The number of benzene rings is 1. The Labute approximate surface area is 112 Å². The summed E-state index contributed by atoms with van der Waals surface area (Å²) >= 11 is 0. The Kier molecular flexibility index (Phi) is 5.06. The molecule has 0 radical (unpaired) electrons. The summed E-state index contributed by atoms with van der Waals surface area (Å²) in [7, 11) is 1.66. The fraction of sp³-hybridized carbons (Fsp3) is 0.357. The van der Waals surface area contributed by atoms with Gasteiger partial charge in [0.15, 0.2) is 0 Å². The molecule has 1 aromatic heterocycles. The summed E-state index contributed by atoms with van der Waals surface area (Å²) in [6.07, 6.45) is 3.50. The van der Waals surface area contributed by atoms with Gasteiger partial charge in [-0.15, -0.1) is 0 Å². The molecule has 0 fully saturated rings. The number of imidazole rings is 1. The number of hydrogen-bond donors (Lipinski definition) is 1. The van der Waals surface area contributed by atoms with Crippen LogP contribution in [0.2, 0.25) is 0 Å². The first kappa shape index (κ1) is 13.7. The van der Waals surface area contributed by atoms with E-state index in [2.05, 4.69) is 14.9 Å². The molecule has 0 spiro atoms. The molecule has 2 aromatic rings. The summed E-state index contributed by atoms with van der Waals surface area (Å²) in [5.74, 6) is 0.691. The fourth-order valence-corrected chi connectivity index (χ4v) is 1.90. The lowest BCUT2D eigenvalue weighted by atomic mass is 10.2. The third kappa shape index (κ3) is 4.15. The zero-order valence-electron chi connectivity index (χ0n) is 11.0. The Morgan fingerprint density at radius 3 is 2.84 bits per heavy atom. The molecule has 0 aliphatic rings. The first-order valence-corrected chi connectivity index (χ1v) is 6.22. The predicted octanol–water partition coefficient (Wildman–Crippen LogP) is 2.20. The van der Waals surface area contributed by atoms with Crippen molar-refractivity contribution in [1.82, 2.24) is 14.9 Å². The number of ether oxygens (including phenoxy) is 1. The first-order chi connectivity index (χ1) is 9.29. The van der Waals surface area contributed by atoms with Gasteiger partial charge in [0, 0.05) is 38.2 Å². The Morgan fingerprint density at radius 1 is 1.32 bits per heavy atom. The topological polar surface area (TPSA) is 41.1 Å². The molecule has 1 heterocycles. The molecule has 0 saturated carbocycles. The van der Waals surface area contributed by atoms with Gasteiger partial charge >= 0.3 is 0 Å². The second-order valence-corrected chi connectivity index (χ2v) is 4.33. The summed E-state index contributed by atoms with van der Waals surface area (Å²) in [5, 5.41) is 0. The van der Waals surface area contributed by atoms with Gasteiger partial charge in [-0.3, -0.25) is 4.90 Å². The van der Waals surface area contributed by atoms with Crippen LogP contribution < -0.4 is 0 Å². The van der Waals surface area contributed by atoms with E-state index in [9.17, 15) is 4.39 Å². The van der Waals surface area contributed by atoms with Gasteiger partial charge in [0.2, 0.25) is 0 Å². The van der Waals surface area contributed by atoms with Gasteiger partial charge < -0.3 is 9.72 Å². The van der Waals surface area contributed by atoms with Crippen molar-refractivity contribution in [3.8, 4) is 0 Å². The highest BCUT2D eigenvalue weighted by atomic mass is 19.1. The molecule has 0 aliphatic heterocycles. The van der Waals surface area contributed by atoms with Crippen LogP contribution in [0.3, 0.4) is 0 Å². The summed E-state index contributed by atoms with van der Waals surface area (Å²) in [5.41, 5.74) is 0.685. The third-order valence-corrected chi connectivity index (χ3v) is 2.89. The monoisotopic (exact) mass is 263 g/mol. The molecule has 0 unspecified atom stereocenters. The van der Waals surface area contributed by atoms with Crippen molar-refractivity contribution in [2.45, 2.75) is 13.1 Å². The lowest BCUT2D eigenvalue weighted by Gasteiger charge is -2.21. The molecule has 19 heavy (non-hydrogen) atoms. The average Bonchev–Trinajstić information content (AvgIpc) is 2.91. The van der Waals surface area contributed by atoms with Gasteiger partial charge in [0.05, 0.1) is 13.2 Å².